The third-order valence-electron chi connectivity index (χ3n) is 5.44. The van der Waals surface area contributed by atoms with Crippen molar-refractivity contribution in [3.63, 3.8) is 0 Å². The highest BCUT2D eigenvalue weighted by atomic mass is 32.2. The van der Waals surface area contributed by atoms with Gasteiger partial charge in [-0.2, -0.15) is 0 Å². The Labute approximate surface area is 165 Å². The summed E-state index contributed by atoms with van der Waals surface area (Å²) in [7, 11) is 0. The van der Waals surface area contributed by atoms with Crippen LogP contribution in [0.25, 0.3) is 0 Å². The number of carbonyl (C=O) groups excluding carboxylic acids is 1. The molecular weight excluding hydrogens is 380 g/mol. The van der Waals surface area contributed by atoms with Crippen molar-refractivity contribution in [2.75, 3.05) is 11.1 Å². The highest BCUT2D eigenvalue weighted by molar-refractivity contribution is 8.00. The van der Waals surface area contributed by atoms with Gasteiger partial charge in [-0.25, -0.2) is 0 Å². The molecule has 1 amide bonds. The Kier molecular flexibility index (Phi) is 5.25. The fourth-order valence-electron chi connectivity index (χ4n) is 4.10. The van der Waals surface area contributed by atoms with Crippen LogP contribution in [0, 0.1) is 10.1 Å². The quantitative estimate of drug-likeness (QED) is 0.461. The third kappa shape index (κ3) is 3.58. The smallest absolute Gasteiger partial charge is 0.270 e. The van der Waals surface area contributed by atoms with E-state index in [1.54, 1.807) is 12.1 Å². The van der Waals surface area contributed by atoms with Crippen LogP contribution in [0.5, 0.6) is 0 Å². The lowest BCUT2D eigenvalue weighted by Crippen LogP contribution is -2.19. The summed E-state index contributed by atoms with van der Waals surface area (Å²) in [5.41, 5.74) is 0.856. The Morgan fingerprint density at radius 2 is 1.89 bits per heavy atom. The molecule has 28 heavy (non-hydrogen) atoms. The third-order valence-corrected chi connectivity index (χ3v) is 6.71. The molecule has 0 saturated heterocycles. The Morgan fingerprint density at radius 3 is 2.61 bits per heavy atom. The molecule has 1 aliphatic carbocycles. The first-order chi connectivity index (χ1) is 13.5. The minimum absolute atomic E-state index is 0.0252. The number of rotatable bonds is 3. The molecule has 0 bridgehead atoms. The van der Waals surface area contributed by atoms with Crippen LogP contribution >= 0.6 is 11.8 Å². The molecule has 148 valence electrons. The predicted molar refractivity (Wildman–Crippen MR) is 108 cm³/mol. The number of nitrogens with one attached hydrogen (secondary N) is 2. The van der Waals surface area contributed by atoms with Gasteiger partial charge >= 0.3 is 0 Å². The van der Waals surface area contributed by atoms with Gasteiger partial charge < -0.3 is 5.32 Å². The van der Waals surface area contributed by atoms with E-state index in [0.717, 1.165) is 25.7 Å². The molecule has 1 atom stereocenters. The number of hydrogen-bond donors (Lipinski definition) is 2. The number of nitro benzene ring substituents is 1. The summed E-state index contributed by atoms with van der Waals surface area (Å²) in [6, 6.07) is 6.44. The fraction of sp³-hybridized carbons (Fsp3) is 0.474. The number of carbonyl (C=O) groups is 1. The van der Waals surface area contributed by atoms with E-state index in [-0.39, 0.29) is 28.9 Å². The normalized spacial score (nSPS) is 20.7. The second-order valence-electron chi connectivity index (χ2n) is 7.31. The summed E-state index contributed by atoms with van der Waals surface area (Å²) >= 11 is 1.32. The molecule has 1 aliphatic heterocycles. The number of amides is 1. The molecule has 0 spiro atoms. The largest absolute Gasteiger partial charge is 0.310 e. The number of aromatic amines is 1. The molecule has 4 rings (SSSR count). The van der Waals surface area contributed by atoms with E-state index in [9.17, 15) is 19.7 Å². The van der Waals surface area contributed by atoms with Crippen LogP contribution in [0.4, 0.5) is 11.5 Å². The van der Waals surface area contributed by atoms with Gasteiger partial charge in [0.2, 0.25) is 5.91 Å². The van der Waals surface area contributed by atoms with Crippen molar-refractivity contribution in [1.29, 1.82) is 0 Å². The van der Waals surface area contributed by atoms with E-state index in [2.05, 4.69) is 10.4 Å². The van der Waals surface area contributed by atoms with Crippen molar-refractivity contribution in [2.24, 2.45) is 0 Å². The Bertz CT molecular complexity index is 959. The number of hydrogen-bond acceptors (Lipinski definition) is 5. The van der Waals surface area contributed by atoms with Crippen LogP contribution in [0.3, 0.4) is 0 Å². The van der Waals surface area contributed by atoms with E-state index in [0.29, 0.717) is 16.9 Å². The van der Waals surface area contributed by atoms with Gasteiger partial charge in [-0.1, -0.05) is 37.8 Å². The summed E-state index contributed by atoms with van der Waals surface area (Å²) in [6.45, 7) is 0. The molecule has 1 saturated carbocycles. The number of H-pyrrole nitrogens is 1. The van der Waals surface area contributed by atoms with E-state index in [4.69, 9.17) is 0 Å². The van der Waals surface area contributed by atoms with Crippen molar-refractivity contribution < 1.29 is 9.72 Å². The number of non-ortho nitro benzene ring substituents is 1. The first-order valence-electron chi connectivity index (χ1n) is 9.55. The van der Waals surface area contributed by atoms with Gasteiger partial charge in [0.1, 0.15) is 5.82 Å². The molecule has 2 aromatic rings. The topological polar surface area (TPSA) is 110 Å². The predicted octanol–water partition coefficient (Wildman–Crippen LogP) is 3.75. The molecule has 1 aromatic carbocycles. The lowest BCUT2D eigenvalue weighted by Gasteiger charge is -2.19. The maximum Gasteiger partial charge on any atom is 0.270 e. The molecule has 1 fully saturated rings. The number of fused-ring (bicyclic) bond motifs is 1. The zero-order chi connectivity index (χ0) is 19.7. The minimum Gasteiger partial charge on any atom is -0.310 e. The molecular formula is C19H22N4O4S. The zero-order valence-corrected chi connectivity index (χ0v) is 16.2. The molecule has 2 N–H and O–H groups in total. The van der Waals surface area contributed by atoms with E-state index in [1.165, 1.54) is 36.7 Å². The number of aromatic nitrogens is 2. The van der Waals surface area contributed by atoms with E-state index >= 15 is 0 Å². The number of nitrogens with zero attached hydrogens (tertiary/aromatic N) is 2. The van der Waals surface area contributed by atoms with Gasteiger partial charge in [-0.3, -0.25) is 29.5 Å². The van der Waals surface area contributed by atoms with Gasteiger partial charge in [0.25, 0.3) is 11.2 Å². The summed E-state index contributed by atoms with van der Waals surface area (Å²) in [5, 5.41) is 16.6. The molecule has 0 unspecified atom stereocenters. The van der Waals surface area contributed by atoms with E-state index in [1.807, 2.05) is 4.68 Å². The number of thioether (sulfide) groups is 1. The second-order valence-corrected chi connectivity index (χ2v) is 8.40. The molecule has 2 aliphatic rings. The summed E-state index contributed by atoms with van der Waals surface area (Å²) in [5.74, 6) is 0.538. The monoisotopic (exact) mass is 402 g/mol. The highest BCUT2D eigenvalue weighted by Crippen LogP contribution is 2.42. The second kappa shape index (κ2) is 7.83. The average molecular weight is 402 g/mol. The molecule has 1 aromatic heterocycles. The van der Waals surface area contributed by atoms with Gasteiger partial charge in [-0.15, -0.1) is 11.8 Å². The fourth-order valence-corrected chi connectivity index (χ4v) is 5.21. The molecule has 0 radical (unpaired) electrons. The lowest BCUT2D eigenvalue weighted by molar-refractivity contribution is -0.384. The maximum absolute atomic E-state index is 12.9. The van der Waals surface area contributed by atoms with Gasteiger partial charge in [0.15, 0.2) is 0 Å². The molecule has 2 heterocycles. The highest BCUT2D eigenvalue weighted by Gasteiger charge is 2.32. The summed E-state index contributed by atoms with van der Waals surface area (Å²) in [6.07, 6.45) is 6.47. The summed E-state index contributed by atoms with van der Waals surface area (Å²) < 4.78 is 1.83. The number of anilines is 1. The lowest BCUT2D eigenvalue weighted by atomic mass is 10.0. The van der Waals surface area contributed by atoms with Crippen molar-refractivity contribution in [2.45, 2.75) is 49.8 Å². The Balaban J connectivity index is 1.80. The van der Waals surface area contributed by atoms with Gasteiger partial charge in [0, 0.05) is 12.1 Å². The Morgan fingerprint density at radius 1 is 1.14 bits per heavy atom. The molecule has 9 heteroatoms. The van der Waals surface area contributed by atoms with Crippen molar-refractivity contribution >= 4 is 29.2 Å². The van der Waals surface area contributed by atoms with Crippen LogP contribution in [0.15, 0.2) is 29.1 Å². The molecule has 8 nitrogen and oxygen atoms in total. The number of benzene rings is 1. The van der Waals surface area contributed by atoms with Crippen LogP contribution in [0.1, 0.15) is 60.9 Å². The Hall–Kier alpha value is -2.55. The van der Waals surface area contributed by atoms with E-state index < -0.39 is 10.2 Å². The summed E-state index contributed by atoms with van der Waals surface area (Å²) in [4.78, 5) is 36.0. The maximum atomic E-state index is 12.9. The van der Waals surface area contributed by atoms with Crippen LogP contribution in [0.2, 0.25) is 0 Å². The van der Waals surface area contributed by atoms with Gasteiger partial charge in [0.05, 0.1) is 27.5 Å². The first kappa shape index (κ1) is 18.8. The average Bonchev–Trinajstić information content (AvgIpc) is 2.90. The van der Waals surface area contributed by atoms with Crippen LogP contribution < -0.4 is 10.9 Å². The number of nitro groups is 1. The van der Waals surface area contributed by atoms with Gasteiger partial charge in [-0.05, 0) is 18.4 Å². The first-order valence-corrected chi connectivity index (χ1v) is 10.6. The zero-order valence-electron chi connectivity index (χ0n) is 15.3. The minimum atomic E-state index is -0.448. The van der Waals surface area contributed by atoms with Crippen molar-refractivity contribution in [1.82, 2.24) is 9.78 Å². The SMILES string of the molecule is O=C1CS[C@@H](c2cccc([N+](=O)[O-])c2)c2c(n(C3CCCCCC3)[nH]c2=O)N1. The van der Waals surface area contributed by atoms with Crippen LogP contribution in [-0.2, 0) is 4.79 Å². The van der Waals surface area contributed by atoms with Crippen molar-refractivity contribution in [3.05, 3.63) is 55.9 Å². The van der Waals surface area contributed by atoms with Crippen LogP contribution in [-0.4, -0.2) is 26.4 Å². The van der Waals surface area contributed by atoms with Crippen molar-refractivity contribution in [3.8, 4) is 0 Å². The standard InChI is InChI=1S/C19H22N4O4S/c24-15-11-28-17(12-6-5-9-14(10-12)23(26)27)16-18(20-15)22(21-19(16)25)13-7-3-1-2-4-8-13/h5-6,9-10,13,17H,1-4,7-8,11H2,(H,20,24)(H,21,25)/t17-/m0/s1.